The fourth-order valence-corrected chi connectivity index (χ4v) is 2.14. The second-order valence-electron chi connectivity index (χ2n) is 5.12. The summed E-state index contributed by atoms with van der Waals surface area (Å²) in [5.41, 5.74) is -0.703. The SMILES string of the molecule is CCN(CCCN(C)C)c1ccc(C=O)c(C(F)(F)F)c1. The first kappa shape index (κ1) is 17.5. The van der Waals surface area contributed by atoms with E-state index in [-0.39, 0.29) is 11.8 Å². The van der Waals surface area contributed by atoms with E-state index in [1.807, 2.05) is 30.8 Å². The van der Waals surface area contributed by atoms with Gasteiger partial charge in [0.1, 0.15) is 0 Å². The van der Waals surface area contributed by atoms with E-state index < -0.39 is 11.7 Å². The summed E-state index contributed by atoms with van der Waals surface area (Å²) in [6, 6.07) is 3.86. The first-order valence-electron chi connectivity index (χ1n) is 6.85. The normalized spacial score (nSPS) is 11.8. The molecule has 0 spiro atoms. The Hall–Kier alpha value is -1.56. The minimum absolute atomic E-state index is 0.245. The third-order valence-corrected chi connectivity index (χ3v) is 3.25. The Morgan fingerprint density at radius 2 is 1.86 bits per heavy atom. The standard InChI is InChI=1S/C15H21F3N2O/c1-4-20(9-5-8-19(2)3)13-7-6-12(11-21)14(10-13)15(16,17)18/h6-7,10-11H,4-5,8-9H2,1-3H3. The van der Waals surface area contributed by atoms with Crippen molar-refractivity contribution in [2.45, 2.75) is 19.5 Å². The highest BCUT2D eigenvalue weighted by molar-refractivity contribution is 5.79. The topological polar surface area (TPSA) is 23.6 Å². The third-order valence-electron chi connectivity index (χ3n) is 3.25. The van der Waals surface area contributed by atoms with E-state index in [1.54, 1.807) is 6.07 Å². The van der Waals surface area contributed by atoms with Gasteiger partial charge in [0.25, 0.3) is 0 Å². The molecule has 21 heavy (non-hydrogen) atoms. The highest BCUT2D eigenvalue weighted by atomic mass is 19.4. The van der Waals surface area contributed by atoms with Gasteiger partial charge >= 0.3 is 6.18 Å². The molecule has 1 aromatic carbocycles. The molecule has 0 amide bonds. The zero-order chi connectivity index (χ0) is 16.0. The monoisotopic (exact) mass is 302 g/mol. The minimum Gasteiger partial charge on any atom is -0.372 e. The predicted octanol–water partition coefficient (Wildman–Crippen LogP) is 3.30. The quantitative estimate of drug-likeness (QED) is 0.722. The van der Waals surface area contributed by atoms with E-state index in [0.717, 1.165) is 19.0 Å². The van der Waals surface area contributed by atoms with Gasteiger partial charge in [0.15, 0.2) is 6.29 Å². The van der Waals surface area contributed by atoms with Crippen molar-refractivity contribution in [3.8, 4) is 0 Å². The van der Waals surface area contributed by atoms with Crippen molar-refractivity contribution in [1.29, 1.82) is 0 Å². The maximum atomic E-state index is 13.0. The Bertz CT molecular complexity index is 472. The number of alkyl halides is 3. The molecule has 0 N–H and O–H groups in total. The predicted molar refractivity (Wildman–Crippen MR) is 77.9 cm³/mol. The molecule has 1 aromatic rings. The van der Waals surface area contributed by atoms with Gasteiger partial charge in [-0.3, -0.25) is 4.79 Å². The Balaban J connectivity index is 2.97. The maximum Gasteiger partial charge on any atom is 0.417 e. The maximum absolute atomic E-state index is 13.0. The fourth-order valence-electron chi connectivity index (χ4n) is 2.14. The molecule has 0 aromatic heterocycles. The van der Waals surface area contributed by atoms with Gasteiger partial charge in [-0.05, 0) is 52.2 Å². The molecular weight excluding hydrogens is 281 g/mol. The first-order chi connectivity index (χ1) is 9.79. The van der Waals surface area contributed by atoms with Crippen molar-refractivity contribution < 1.29 is 18.0 Å². The summed E-state index contributed by atoms with van der Waals surface area (Å²) in [6.45, 7) is 4.06. The molecule has 0 unspecified atom stereocenters. The zero-order valence-electron chi connectivity index (χ0n) is 12.6. The van der Waals surface area contributed by atoms with E-state index in [9.17, 15) is 18.0 Å². The second-order valence-corrected chi connectivity index (χ2v) is 5.12. The lowest BCUT2D eigenvalue weighted by atomic mass is 10.1. The average molecular weight is 302 g/mol. The molecule has 0 aliphatic heterocycles. The van der Waals surface area contributed by atoms with E-state index in [2.05, 4.69) is 0 Å². The molecule has 0 radical (unpaired) electrons. The molecule has 0 fully saturated rings. The smallest absolute Gasteiger partial charge is 0.372 e. The van der Waals surface area contributed by atoms with Crippen molar-refractivity contribution >= 4 is 12.0 Å². The van der Waals surface area contributed by atoms with Gasteiger partial charge < -0.3 is 9.80 Å². The lowest BCUT2D eigenvalue weighted by molar-refractivity contribution is -0.137. The van der Waals surface area contributed by atoms with Crippen LogP contribution in [-0.4, -0.2) is 44.9 Å². The van der Waals surface area contributed by atoms with Gasteiger partial charge in [0.2, 0.25) is 0 Å². The summed E-state index contributed by atoms with van der Waals surface area (Å²) in [5.74, 6) is 0. The van der Waals surface area contributed by atoms with E-state index >= 15 is 0 Å². The number of nitrogens with zero attached hydrogens (tertiary/aromatic N) is 2. The number of rotatable bonds is 7. The van der Waals surface area contributed by atoms with Crippen LogP contribution < -0.4 is 4.90 Å². The number of anilines is 1. The molecular formula is C15H21F3N2O. The van der Waals surface area contributed by atoms with Crippen LogP contribution in [0.2, 0.25) is 0 Å². The molecule has 6 heteroatoms. The molecule has 118 valence electrons. The van der Waals surface area contributed by atoms with Crippen LogP contribution in [0.15, 0.2) is 18.2 Å². The molecule has 0 saturated carbocycles. The van der Waals surface area contributed by atoms with Crippen LogP contribution in [0.5, 0.6) is 0 Å². The summed E-state index contributed by atoms with van der Waals surface area (Å²) in [4.78, 5) is 14.7. The van der Waals surface area contributed by atoms with Crippen molar-refractivity contribution in [1.82, 2.24) is 4.90 Å². The highest BCUT2D eigenvalue weighted by Crippen LogP contribution is 2.34. The Morgan fingerprint density at radius 1 is 1.19 bits per heavy atom. The van der Waals surface area contributed by atoms with Crippen molar-refractivity contribution in [2.24, 2.45) is 0 Å². The molecule has 0 heterocycles. The lowest BCUT2D eigenvalue weighted by Crippen LogP contribution is -2.27. The van der Waals surface area contributed by atoms with Gasteiger partial charge in [-0.1, -0.05) is 0 Å². The van der Waals surface area contributed by atoms with E-state index in [4.69, 9.17) is 0 Å². The summed E-state index contributed by atoms with van der Waals surface area (Å²) in [5, 5.41) is 0. The summed E-state index contributed by atoms with van der Waals surface area (Å²) >= 11 is 0. The molecule has 3 nitrogen and oxygen atoms in total. The highest BCUT2D eigenvalue weighted by Gasteiger charge is 2.33. The number of halogens is 3. The second kappa shape index (κ2) is 7.45. The number of hydrogen-bond donors (Lipinski definition) is 0. The summed E-state index contributed by atoms with van der Waals surface area (Å²) in [7, 11) is 3.91. The van der Waals surface area contributed by atoms with Crippen LogP contribution in [0.25, 0.3) is 0 Å². The summed E-state index contributed by atoms with van der Waals surface area (Å²) in [6.07, 6.45) is -3.41. The van der Waals surface area contributed by atoms with Crippen molar-refractivity contribution in [3.63, 3.8) is 0 Å². The molecule has 0 aliphatic rings. The molecule has 1 rings (SSSR count). The van der Waals surface area contributed by atoms with Crippen LogP contribution in [0.3, 0.4) is 0 Å². The van der Waals surface area contributed by atoms with Gasteiger partial charge in [-0.25, -0.2) is 0 Å². The Labute approximate surface area is 123 Å². The lowest BCUT2D eigenvalue weighted by Gasteiger charge is -2.25. The molecule has 0 aliphatic carbocycles. The van der Waals surface area contributed by atoms with Crippen molar-refractivity contribution in [2.75, 3.05) is 38.6 Å². The number of carbonyl (C=O) groups is 1. The number of benzene rings is 1. The number of hydrogen-bond acceptors (Lipinski definition) is 3. The van der Waals surface area contributed by atoms with Crippen LogP contribution in [-0.2, 0) is 6.18 Å². The Kier molecular flexibility index (Phi) is 6.20. The average Bonchev–Trinajstić information content (AvgIpc) is 2.41. The Morgan fingerprint density at radius 3 is 2.33 bits per heavy atom. The number of carbonyl (C=O) groups excluding carboxylic acids is 1. The molecule has 0 bridgehead atoms. The zero-order valence-corrected chi connectivity index (χ0v) is 12.6. The van der Waals surface area contributed by atoms with Crippen LogP contribution in [0.4, 0.5) is 18.9 Å². The third kappa shape index (κ3) is 5.04. The first-order valence-corrected chi connectivity index (χ1v) is 6.85. The van der Waals surface area contributed by atoms with Gasteiger partial charge in [0.05, 0.1) is 5.56 Å². The minimum atomic E-state index is -4.52. The van der Waals surface area contributed by atoms with Gasteiger partial charge in [0, 0.05) is 24.3 Å². The molecule has 0 atom stereocenters. The number of aldehydes is 1. The largest absolute Gasteiger partial charge is 0.417 e. The van der Waals surface area contributed by atoms with Crippen molar-refractivity contribution in [3.05, 3.63) is 29.3 Å². The van der Waals surface area contributed by atoms with Crippen LogP contribution in [0.1, 0.15) is 29.3 Å². The van der Waals surface area contributed by atoms with Crippen LogP contribution >= 0.6 is 0 Å². The van der Waals surface area contributed by atoms with Gasteiger partial charge in [-0.15, -0.1) is 0 Å². The van der Waals surface area contributed by atoms with E-state index in [1.165, 1.54) is 6.07 Å². The molecule has 0 saturated heterocycles. The summed E-state index contributed by atoms with van der Waals surface area (Å²) < 4.78 is 38.9. The van der Waals surface area contributed by atoms with Crippen LogP contribution in [0, 0.1) is 0 Å². The fraction of sp³-hybridized carbons (Fsp3) is 0.533. The van der Waals surface area contributed by atoms with Gasteiger partial charge in [-0.2, -0.15) is 13.2 Å². The van der Waals surface area contributed by atoms with E-state index in [0.29, 0.717) is 18.8 Å².